The first-order valence-electron chi connectivity index (χ1n) is 10.4. The third-order valence-corrected chi connectivity index (χ3v) is 6.67. The quantitative estimate of drug-likeness (QED) is 0.486. The third-order valence-electron chi connectivity index (χ3n) is 5.35. The standard InChI is InChI=1S/C25H21F3N2O3S/c1-33-19-11-9-16(10-12-19)22-14-24(32)30(20-7-2-3-8-21(20)34-22)15-23(31)29-18-6-4-5-17(13-18)25(26,27)28/h2-13,22H,14-15H2,1H3,(H,29,31)/t22-/m1/s1. The lowest BCUT2D eigenvalue weighted by molar-refractivity contribution is -0.137. The average molecular weight is 487 g/mol. The molecule has 0 fully saturated rings. The van der Waals surface area contributed by atoms with E-state index in [0.29, 0.717) is 11.4 Å². The molecule has 1 N–H and O–H groups in total. The van der Waals surface area contributed by atoms with E-state index in [1.54, 1.807) is 19.2 Å². The van der Waals surface area contributed by atoms with Crippen LogP contribution in [-0.2, 0) is 15.8 Å². The van der Waals surface area contributed by atoms with Gasteiger partial charge in [-0.2, -0.15) is 13.2 Å². The SMILES string of the molecule is COc1ccc([C@H]2CC(=O)N(CC(=O)Nc3cccc(C(F)(F)F)c3)c3ccccc3S2)cc1. The molecular weight excluding hydrogens is 465 g/mol. The number of rotatable bonds is 5. The Morgan fingerprint density at radius 1 is 1.09 bits per heavy atom. The van der Waals surface area contributed by atoms with Gasteiger partial charge in [-0.3, -0.25) is 9.59 Å². The number of fused-ring (bicyclic) bond motifs is 1. The van der Waals surface area contributed by atoms with Gasteiger partial charge in [0, 0.05) is 22.3 Å². The van der Waals surface area contributed by atoms with Crippen LogP contribution in [0, 0.1) is 0 Å². The first kappa shape index (κ1) is 23.7. The summed E-state index contributed by atoms with van der Waals surface area (Å²) in [6.07, 6.45) is -4.36. The lowest BCUT2D eigenvalue weighted by atomic mass is 10.1. The maximum Gasteiger partial charge on any atom is 0.416 e. The molecule has 9 heteroatoms. The molecular formula is C25H21F3N2O3S. The third kappa shape index (κ3) is 5.36. The molecule has 2 amide bonds. The van der Waals surface area contributed by atoms with Crippen LogP contribution < -0.4 is 15.0 Å². The van der Waals surface area contributed by atoms with Crippen molar-refractivity contribution >= 4 is 35.0 Å². The van der Waals surface area contributed by atoms with Gasteiger partial charge in [0.25, 0.3) is 0 Å². The Labute approximate surface area is 198 Å². The van der Waals surface area contributed by atoms with Crippen LogP contribution in [0.3, 0.4) is 0 Å². The second kappa shape index (κ2) is 9.80. The number of halogens is 3. The van der Waals surface area contributed by atoms with Crippen LogP contribution in [0.2, 0.25) is 0 Å². The van der Waals surface area contributed by atoms with Gasteiger partial charge in [0.15, 0.2) is 0 Å². The lowest BCUT2D eigenvalue weighted by Gasteiger charge is -2.22. The minimum atomic E-state index is -4.52. The maximum absolute atomic E-state index is 13.2. The first-order valence-corrected chi connectivity index (χ1v) is 11.3. The fourth-order valence-electron chi connectivity index (χ4n) is 3.67. The van der Waals surface area contributed by atoms with Crippen LogP contribution in [0.15, 0.2) is 77.7 Å². The van der Waals surface area contributed by atoms with Gasteiger partial charge in [0.05, 0.1) is 18.4 Å². The molecule has 34 heavy (non-hydrogen) atoms. The van der Waals surface area contributed by atoms with Gasteiger partial charge < -0.3 is 15.0 Å². The van der Waals surface area contributed by atoms with Crippen LogP contribution in [0.4, 0.5) is 24.5 Å². The molecule has 0 saturated heterocycles. The van der Waals surface area contributed by atoms with E-state index in [1.807, 2.05) is 36.4 Å². The van der Waals surface area contributed by atoms with E-state index in [0.717, 1.165) is 22.6 Å². The molecule has 3 aromatic carbocycles. The van der Waals surface area contributed by atoms with E-state index in [1.165, 1.54) is 28.8 Å². The molecule has 0 unspecified atom stereocenters. The molecule has 0 aromatic heterocycles. The zero-order valence-electron chi connectivity index (χ0n) is 18.1. The number of carbonyl (C=O) groups excluding carboxylic acids is 2. The van der Waals surface area contributed by atoms with Crippen molar-refractivity contribution in [1.82, 2.24) is 0 Å². The number of nitrogens with one attached hydrogen (secondary N) is 1. The van der Waals surface area contributed by atoms with Crippen molar-refractivity contribution in [1.29, 1.82) is 0 Å². The summed E-state index contributed by atoms with van der Waals surface area (Å²) in [5, 5.41) is 2.31. The van der Waals surface area contributed by atoms with Crippen molar-refractivity contribution in [2.45, 2.75) is 22.7 Å². The summed E-state index contributed by atoms with van der Waals surface area (Å²) >= 11 is 1.53. The molecule has 1 atom stereocenters. The Morgan fingerprint density at radius 3 is 2.53 bits per heavy atom. The van der Waals surface area contributed by atoms with Crippen molar-refractivity contribution in [3.63, 3.8) is 0 Å². The highest BCUT2D eigenvalue weighted by atomic mass is 32.2. The smallest absolute Gasteiger partial charge is 0.416 e. The van der Waals surface area contributed by atoms with Gasteiger partial charge in [-0.05, 0) is 48.0 Å². The predicted octanol–water partition coefficient (Wildman–Crippen LogP) is 5.92. The molecule has 0 saturated carbocycles. The Balaban J connectivity index is 1.55. The number of carbonyl (C=O) groups is 2. The summed E-state index contributed by atoms with van der Waals surface area (Å²) in [5.41, 5.74) is 0.693. The highest BCUT2D eigenvalue weighted by Gasteiger charge is 2.32. The number of alkyl halides is 3. The highest BCUT2D eigenvalue weighted by Crippen LogP contribution is 2.45. The molecule has 0 aliphatic carbocycles. The summed E-state index contributed by atoms with van der Waals surface area (Å²) in [6, 6.07) is 19.1. The Morgan fingerprint density at radius 2 is 1.82 bits per heavy atom. The van der Waals surface area contributed by atoms with Crippen molar-refractivity contribution in [2.75, 3.05) is 23.9 Å². The maximum atomic E-state index is 13.2. The molecule has 0 bridgehead atoms. The van der Waals surface area contributed by atoms with Gasteiger partial charge >= 0.3 is 6.18 Å². The van der Waals surface area contributed by atoms with Gasteiger partial charge in [-0.1, -0.05) is 30.3 Å². The number of thioether (sulfide) groups is 1. The number of hydrogen-bond acceptors (Lipinski definition) is 4. The van der Waals surface area contributed by atoms with E-state index in [2.05, 4.69) is 5.32 Å². The number of hydrogen-bond donors (Lipinski definition) is 1. The number of anilines is 2. The minimum Gasteiger partial charge on any atom is -0.497 e. The molecule has 1 aliphatic rings. The number of para-hydroxylation sites is 1. The monoisotopic (exact) mass is 486 g/mol. The summed E-state index contributed by atoms with van der Waals surface area (Å²) in [6.45, 7) is -0.317. The molecule has 0 radical (unpaired) electrons. The molecule has 1 aliphatic heterocycles. The molecule has 176 valence electrons. The summed E-state index contributed by atoms with van der Waals surface area (Å²) in [5.74, 6) is -0.130. The van der Waals surface area contributed by atoms with E-state index in [4.69, 9.17) is 4.74 Å². The van der Waals surface area contributed by atoms with Crippen molar-refractivity contribution in [3.8, 4) is 5.75 Å². The summed E-state index contributed by atoms with van der Waals surface area (Å²) in [7, 11) is 1.58. The van der Waals surface area contributed by atoms with Gasteiger partial charge in [-0.15, -0.1) is 11.8 Å². The second-order valence-corrected chi connectivity index (χ2v) is 8.90. The molecule has 1 heterocycles. The molecule has 3 aromatic rings. The first-order chi connectivity index (χ1) is 16.2. The number of ether oxygens (including phenoxy) is 1. The second-order valence-electron chi connectivity index (χ2n) is 7.66. The molecule has 4 rings (SSSR count). The normalized spacial score (nSPS) is 15.9. The van der Waals surface area contributed by atoms with Crippen molar-refractivity contribution in [2.24, 2.45) is 0 Å². The van der Waals surface area contributed by atoms with E-state index < -0.39 is 17.6 Å². The van der Waals surface area contributed by atoms with Crippen molar-refractivity contribution in [3.05, 3.63) is 83.9 Å². The Kier molecular flexibility index (Phi) is 6.83. The number of methoxy groups -OCH3 is 1. The fourth-order valence-corrected chi connectivity index (χ4v) is 4.95. The van der Waals surface area contributed by atoms with E-state index in [-0.39, 0.29) is 29.8 Å². The predicted molar refractivity (Wildman–Crippen MR) is 125 cm³/mol. The number of amides is 2. The van der Waals surface area contributed by atoms with Crippen LogP contribution in [0.1, 0.15) is 22.8 Å². The number of benzene rings is 3. The molecule has 5 nitrogen and oxygen atoms in total. The van der Waals surface area contributed by atoms with Gasteiger partial charge in [0.1, 0.15) is 12.3 Å². The van der Waals surface area contributed by atoms with Crippen molar-refractivity contribution < 1.29 is 27.5 Å². The lowest BCUT2D eigenvalue weighted by Crippen LogP contribution is -2.38. The van der Waals surface area contributed by atoms with Gasteiger partial charge in [-0.25, -0.2) is 0 Å². The topological polar surface area (TPSA) is 58.6 Å². The number of nitrogens with zero attached hydrogens (tertiary/aromatic N) is 1. The Bertz CT molecular complexity index is 1200. The minimum absolute atomic E-state index is 0.0147. The van der Waals surface area contributed by atoms with Crippen LogP contribution in [-0.4, -0.2) is 25.5 Å². The van der Waals surface area contributed by atoms with Crippen LogP contribution in [0.5, 0.6) is 5.75 Å². The zero-order chi connectivity index (χ0) is 24.3. The highest BCUT2D eigenvalue weighted by molar-refractivity contribution is 7.99. The summed E-state index contributed by atoms with van der Waals surface area (Å²) < 4.78 is 44.2. The molecule has 0 spiro atoms. The zero-order valence-corrected chi connectivity index (χ0v) is 19.0. The van der Waals surface area contributed by atoms with E-state index >= 15 is 0 Å². The fraction of sp³-hybridized carbons (Fsp3) is 0.200. The van der Waals surface area contributed by atoms with Crippen LogP contribution >= 0.6 is 11.8 Å². The van der Waals surface area contributed by atoms with Gasteiger partial charge in [0.2, 0.25) is 11.8 Å². The largest absolute Gasteiger partial charge is 0.497 e. The van der Waals surface area contributed by atoms with Crippen LogP contribution in [0.25, 0.3) is 0 Å². The van der Waals surface area contributed by atoms with E-state index in [9.17, 15) is 22.8 Å². The Hall–Kier alpha value is -3.46. The average Bonchev–Trinajstić information content (AvgIpc) is 2.95. The summed E-state index contributed by atoms with van der Waals surface area (Å²) in [4.78, 5) is 28.2.